The Morgan fingerprint density at radius 3 is 2.60 bits per heavy atom. The molecule has 202 valence electrons. The molecule has 0 amide bonds. The number of unbranched alkanes of at least 4 members (excludes halogenated alkanes) is 1. The molecule has 8 heteroatoms. The van der Waals surface area contributed by atoms with E-state index in [4.69, 9.17) is 10.8 Å². The lowest BCUT2D eigenvalue weighted by Gasteiger charge is -2.20. The summed E-state index contributed by atoms with van der Waals surface area (Å²) in [7, 11) is 0. The second-order valence-electron chi connectivity index (χ2n) is 10.2. The second-order valence-corrected chi connectivity index (χ2v) is 10.2. The number of anilines is 1. The Morgan fingerprint density at radius 1 is 0.925 bits per heavy atom. The molecule has 4 aromatic heterocycles. The fourth-order valence-electron chi connectivity index (χ4n) is 5.35. The summed E-state index contributed by atoms with van der Waals surface area (Å²) in [6.45, 7) is 5.98. The summed E-state index contributed by atoms with van der Waals surface area (Å²) in [4.78, 5) is 10.9. The van der Waals surface area contributed by atoms with Gasteiger partial charge in [0.05, 0.1) is 12.1 Å². The van der Waals surface area contributed by atoms with Crippen molar-refractivity contribution < 1.29 is 0 Å². The number of pyridine rings is 1. The number of hydrogen-bond donors (Lipinski definition) is 1. The van der Waals surface area contributed by atoms with E-state index in [1.807, 2.05) is 27.7 Å². The van der Waals surface area contributed by atoms with Crippen molar-refractivity contribution in [1.29, 1.82) is 0 Å². The highest BCUT2D eigenvalue weighted by molar-refractivity contribution is 5.92. The first-order chi connectivity index (χ1) is 19.7. The Bertz CT molecular complexity index is 1710. The average molecular weight is 531 g/mol. The third-order valence-electron chi connectivity index (χ3n) is 7.47. The van der Waals surface area contributed by atoms with Crippen LogP contribution < -0.4 is 5.73 Å². The molecule has 0 saturated heterocycles. The molecule has 0 bridgehead atoms. The molecule has 2 N–H and O–H groups in total. The van der Waals surface area contributed by atoms with E-state index in [9.17, 15) is 0 Å². The lowest BCUT2D eigenvalue weighted by Crippen LogP contribution is -2.24. The van der Waals surface area contributed by atoms with Gasteiger partial charge in [-0.15, -0.1) is 0 Å². The number of aryl methyl sites for hydroxylation is 1. The van der Waals surface area contributed by atoms with Crippen molar-refractivity contribution in [2.75, 3.05) is 18.8 Å². The van der Waals surface area contributed by atoms with Crippen LogP contribution in [0.5, 0.6) is 0 Å². The molecule has 8 nitrogen and oxygen atoms in total. The Hall–Kier alpha value is -4.56. The average Bonchev–Trinajstić information content (AvgIpc) is 3.57. The minimum absolute atomic E-state index is 0.487. The molecular weight excluding hydrogens is 496 g/mol. The monoisotopic (exact) mass is 530 g/mol. The molecule has 0 saturated carbocycles. The number of rotatable bonds is 11. The van der Waals surface area contributed by atoms with Crippen molar-refractivity contribution in [3.8, 4) is 11.1 Å². The van der Waals surface area contributed by atoms with Crippen molar-refractivity contribution in [2.45, 2.75) is 39.3 Å². The quantitative estimate of drug-likeness (QED) is 0.219. The van der Waals surface area contributed by atoms with Gasteiger partial charge >= 0.3 is 0 Å². The van der Waals surface area contributed by atoms with Gasteiger partial charge in [0.25, 0.3) is 0 Å². The van der Waals surface area contributed by atoms with Gasteiger partial charge in [-0.25, -0.2) is 9.50 Å². The lowest BCUT2D eigenvalue weighted by molar-refractivity contribution is 0.273. The molecule has 0 spiro atoms. The second kappa shape index (κ2) is 11.7. The van der Waals surface area contributed by atoms with Crippen molar-refractivity contribution in [2.24, 2.45) is 0 Å². The molecule has 0 radical (unpaired) electrons. The molecule has 0 aliphatic carbocycles. The van der Waals surface area contributed by atoms with Crippen LogP contribution in [-0.2, 0) is 19.5 Å². The highest BCUT2D eigenvalue weighted by Gasteiger charge is 2.16. The molecule has 0 fully saturated rings. The fourth-order valence-corrected chi connectivity index (χ4v) is 5.35. The zero-order chi connectivity index (χ0) is 27.3. The van der Waals surface area contributed by atoms with E-state index >= 15 is 0 Å². The predicted octanol–water partition coefficient (Wildman–Crippen LogP) is 5.62. The summed E-state index contributed by atoms with van der Waals surface area (Å²) in [6.07, 6.45) is 10.4. The summed E-state index contributed by atoms with van der Waals surface area (Å²) in [5.41, 5.74) is 14.0. The van der Waals surface area contributed by atoms with Crippen LogP contribution >= 0.6 is 0 Å². The van der Waals surface area contributed by atoms with E-state index in [-0.39, 0.29) is 0 Å². The Labute approximate surface area is 234 Å². The molecule has 0 aliphatic rings. The van der Waals surface area contributed by atoms with Gasteiger partial charge in [0.15, 0.2) is 5.82 Å². The number of nitrogen functional groups attached to an aromatic ring is 1. The van der Waals surface area contributed by atoms with Crippen molar-refractivity contribution in [1.82, 2.24) is 34.3 Å². The smallest absolute Gasteiger partial charge is 0.151 e. The molecule has 0 atom stereocenters. The van der Waals surface area contributed by atoms with E-state index < -0.39 is 0 Å². The molecule has 0 aliphatic heterocycles. The SMILES string of the molecule is CCN(CCCCc1cc(-c2ccc3cn(Cc4ccccc4)nc3c2)c2c(N)ncnn12)Cc1ccncc1. The number of benzene rings is 2. The van der Waals surface area contributed by atoms with Crippen LogP contribution in [0.3, 0.4) is 0 Å². The summed E-state index contributed by atoms with van der Waals surface area (Å²) in [5, 5.41) is 10.5. The van der Waals surface area contributed by atoms with Gasteiger partial charge in [0, 0.05) is 41.8 Å². The van der Waals surface area contributed by atoms with Crippen LogP contribution in [0.2, 0.25) is 0 Å². The molecule has 4 heterocycles. The summed E-state index contributed by atoms with van der Waals surface area (Å²) in [6, 6.07) is 23.2. The number of nitrogens with zero attached hydrogens (tertiary/aromatic N) is 7. The number of nitrogens with two attached hydrogens (primary N) is 1. The number of aromatic nitrogens is 6. The maximum absolute atomic E-state index is 6.39. The first-order valence-electron chi connectivity index (χ1n) is 13.9. The Morgan fingerprint density at radius 2 is 1.77 bits per heavy atom. The van der Waals surface area contributed by atoms with Crippen molar-refractivity contribution >= 4 is 22.2 Å². The molecule has 0 unspecified atom stereocenters. The van der Waals surface area contributed by atoms with Crippen LogP contribution in [0, 0.1) is 0 Å². The highest BCUT2D eigenvalue weighted by Crippen LogP contribution is 2.32. The van der Waals surface area contributed by atoms with Gasteiger partial charge in [-0.05, 0) is 73.3 Å². The largest absolute Gasteiger partial charge is 0.382 e. The first kappa shape index (κ1) is 25.7. The molecule has 40 heavy (non-hydrogen) atoms. The zero-order valence-electron chi connectivity index (χ0n) is 22.8. The molecule has 6 rings (SSSR count). The summed E-state index contributed by atoms with van der Waals surface area (Å²) < 4.78 is 3.96. The minimum Gasteiger partial charge on any atom is -0.382 e. The van der Waals surface area contributed by atoms with Crippen molar-refractivity contribution in [3.05, 3.63) is 108 Å². The van der Waals surface area contributed by atoms with Gasteiger partial charge in [-0.2, -0.15) is 10.2 Å². The van der Waals surface area contributed by atoms with Crippen molar-refractivity contribution in [3.63, 3.8) is 0 Å². The normalized spacial score (nSPS) is 11.7. The van der Waals surface area contributed by atoms with E-state index in [0.717, 1.165) is 78.7 Å². The van der Waals surface area contributed by atoms with Gasteiger partial charge in [0.1, 0.15) is 11.8 Å². The van der Waals surface area contributed by atoms with Crippen LogP contribution in [0.4, 0.5) is 5.82 Å². The molecule has 2 aromatic carbocycles. The Kier molecular flexibility index (Phi) is 7.50. The molecular formula is C32H34N8. The standard InChI is InChI=1S/C32H34N8/c1-2-38(20-25-13-15-34-16-14-25)17-7-6-10-28-19-29(31-32(33)35-23-36-40(28)31)26-11-12-27-22-39(37-30(27)18-26)21-24-8-4-3-5-9-24/h3-5,8-9,11-16,18-19,22-23H,2,6-7,10,17,20-21H2,1H3,(H2,33,35,36). The lowest BCUT2D eigenvalue weighted by atomic mass is 10.0. The van der Waals surface area contributed by atoms with Crippen LogP contribution in [0.1, 0.15) is 36.6 Å². The summed E-state index contributed by atoms with van der Waals surface area (Å²) >= 11 is 0. The van der Waals surface area contributed by atoms with E-state index in [1.165, 1.54) is 17.5 Å². The maximum atomic E-state index is 6.39. The minimum atomic E-state index is 0.487. The van der Waals surface area contributed by atoms with Gasteiger partial charge < -0.3 is 5.73 Å². The van der Waals surface area contributed by atoms with Gasteiger partial charge in [-0.1, -0.05) is 49.4 Å². The zero-order valence-corrected chi connectivity index (χ0v) is 22.8. The number of fused-ring (bicyclic) bond motifs is 2. The topological polar surface area (TPSA) is 90.2 Å². The van der Waals surface area contributed by atoms with Crippen LogP contribution in [0.25, 0.3) is 27.5 Å². The summed E-state index contributed by atoms with van der Waals surface area (Å²) in [5.74, 6) is 0.487. The van der Waals surface area contributed by atoms with Gasteiger partial charge in [-0.3, -0.25) is 14.6 Å². The maximum Gasteiger partial charge on any atom is 0.151 e. The predicted molar refractivity (Wildman–Crippen MR) is 160 cm³/mol. The van der Waals surface area contributed by atoms with Crippen LogP contribution in [-0.4, -0.2) is 47.4 Å². The third kappa shape index (κ3) is 5.58. The van der Waals surface area contributed by atoms with E-state index in [2.05, 4.69) is 93.8 Å². The highest BCUT2D eigenvalue weighted by atomic mass is 15.3. The molecule has 6 aromatic rings. The first-order valence-corrected chi connectivity index (χ1v) is 13.9. The van der Waals surface area contributed by atoms with Gasteiger partial charge in [0.2, 0.25) is 0 Å². The van der Waals surface area contributed by atoms with E-state index in [0.29, 0.717) is 5.82 Å². The van der Waals surface area contributed by atoms with Crippen LogP contribution in [0.15, 0.2) is 91.6 Å². The van der Waals surface area contributed by atoms with E-state index in [1.54, 1.807) is 0 Å². The fraction of sp³-hybridized carbons (Fsp3) is 0.250. The number of hydrogen-bond acceptors (Lipinski definition) is 6. The Balaban J connectivity index is 1.20. The third-order valence-corrected chi connectivity index (χ3v) is 7.47.